The SMILES string of the molecule is CCC(O)(CC)CNCC(O)c1cccc(Br)c1. The normalized spacial score (nSPS) is 13.6. The Balaban J connectivity index is 2.44. The summed E-state index contributed by atoms with van der Waals surface area (Å²) in [6.45, 7) is 4.88. The minimum Gasteiger partial charge on any atom is -0.389 e. The van der Waals surface area contributed by atoms with Crippen molar-refractivity contribution in [2.45, 2.75) is 38.4 Å². The van der Waals surface area contributed by atoms with Gasteiger partial charge in [0.2, 0.25) is 0 Å². The number of nitrogens with one attached hydrogen (secondary N) is 1. The van der Waals surface area contributed by atoms with E-state index >= 15 is 0 Å². The van der Waals surface area contributed by atoms with Gasteiger partial charge in [-0.3, -0.25) is 0 Å². The summed E-state index contributed by atoms with van der Waals surface area (Å²) in [6, 6.07) is 7.62. The van der Waals surface area contributed by atoms with Gasteiger partial charge in [-0.05, 0) is 30.5 Å². The molecule has 0 aliphatic rings. The van der Waals surface area contributed by atoms with Gasteiger partial charge < -0.3 is 15.5 Å². The molecule has 0 heterocycles. The van der Waals surface area contributed by atoms with Gasteiger partial charge >= 0.3 is 0 Å². The summed E-state index contributed by atoms with van der Waals surface area (Å²) in [5.41, 5.74) is 0.199. The molecule has 0 aliphatic carbocycles. The number of halogens is 1. The van der Waals surface area contributed by atoms with Crippen LogP contribution in [0.2, 0.25) is 0 Å². The average Bonchev–Trinajstić information content (AvgIpc) is 2.38. The third-order valence-corrected chi connectivity index (χ3v) is 3.83. The van der Waals surface area contributed by atoms with Crippen LogP contribution in [-0.4, -0.2) is 28.9 Å². The summed E-state index contributed by atoms with van der Waals surface area (Å²) >= 11 is 3.38. The van der Waals surface area contributed by atoms with Gasteiger partial charge in [-0.15, -0.1) is 0 Å². The molecule has 0 bridgehead atoms. The van der Waals surface area contributed by atoms with Crippen LogP contribution in [0.4, 0.5) is 0 Å². The van der Waals surface area contributed by atoms with E-state index in [-0.39, 0.29) is 0 Å². The van der Waals surface area contributed by atoms with E-state index in [2.05, 4.69) is 21.2 Å². The van der Waals surface area contributed by atoms with Crippen LogP contribution in [0.5, 0.6) is 0 Å². The minimum absolute atomic E-state index is 0.443. The Morgan fingerprint density at radius 1 is 1.33 bits per heavy atom. The van der Waals surface area contributed by atoms with E-state index in [1.165, 1.54) is 0 Å². The summed E-state index contributed by atoms with van der Waals surface area (Å²) in [5.74, 6) is 0. The lowest BCUT2D eigenvalue weighted by Crippen LogP contribution is -2.40. The van der Waals surface area contributed by atoms with E-state index in [1.54, 1.807) is 0 Å². The number of aliphatic hydroxyl groups excluding tert-OH is 1. The zero-order valence-corrected chi connectivity index (χ0v) is 12.6. The molecule has 0 aromatic heterocycles. The van der Waals surface area contributed by atoms with Crippen LogP contribution in [0.15, 0.2) is 28.7 Å². The van der Waals surface area contributed by atoms with E-state index < -0.39 is 11.7 Å². The van der Waals surface area contributed by atoms with Crippen LogP contribution in [0.25, 0.3) is 0 Å². The number of benzene rings is 1. The zero-order valence-electron chi connectivity index (χ0n) is 11.0. The highest BCUT2D eigenvalue weighted by Crippen LogP contribution is 2.18. The minimum atomic E-state index is -0.670. The largest absolute Gasteiger partial charge is 0.389 e. The first-order chi connectivity index (χ1) is 8.50. The molecule has 0 saturated carbocycles. The first-order valence-corrected chi connectivity index (χ1v) is 7.16. The van der Waals surface area contributed by atoms with E-state index in [0.29, 0.717) is 25.9 Å². The van der Waals surface area contributed by atoms with Gasteiger partial charge in [0.05, 0.1) is 11.7 Å². The molecule has 0 radical (unpaired) electrons. The maximum Gasteiger partial charge on any atom is 0.0914 e. The Bertz CT molecular complexity index is 367. The van der Waals surface area contributed by atoms with Crippen LogP contribution in [-0.2, 0) is 0 Å². The predicted molar refractivity (Wildman–Crippen MR) is 77.5 cm³/mol. The highest BCUT2D eigenvalue weighted by atomic mass is 79.9. The highest BCUT2D eigenvalue weighted by Gasteiger charge is 2.21. The molecule has 1 aromatic carbocycles. The fourth-order valence-electron chi connectivity index (χ4n) is 1.77. The zero-order chi connectivity index (χ0) is 13.6. The second-order valence-corrected chi connectivity index (χ2v) is 5.55. The Morgan fingerprint density at radius 2 is 2.00 bits per heavy atom. The molecular weight excluding hydrogens is 294 g/mol. The van der Waals surface area contributed by atoms with Gasteiger partial charge in [0.15, 0.2) is 0 Å². The van der Waals surface area contributed by atoms with Crippen molar-refractivity contribution in [1.29, 1.82) is 0 Å². The van der Waals surface area contributed by atoms with E-state index in [0.717, 1.165) is 10.0 Å². The first kappa shape index (κ1) is 15.6. The summed E-state index contributed by atoms with van der Waals surface area (Å²) in [6.07, 6.45) is 0.868. The molecule has 102 valence electrons. The van der Waals surface area contributed by atoms with E-state index in [1.807, 2.05) is 38.1 Å². The molecule has 3 N–H and O–H groups in total. The Labute approximate surface area is 117 Å². The molecule has 3 nitrogen and oxygen atoms in total. The molecule has 0 amide bonds. The molecule has 1 atom stereocenters. The van der Waals surface area contributed by atoms with Gasteiger partial charge in [-0.1, -0.05) is 41.9 Å². The molecular formula is C14H22BrNO2. The Kier molecular flexibility index (Phi) is 6.29. The van der Waals surface area contributed by atoms with Crippen molar-refractivity contribution in [3.05, 3.63) is 34.3 Å². The van der Waals surface area contributed by atoms with Crippen molar-refractivity contribution in [2.24, 2.45) is 0 Å². The lowest BCUT2D eigenvalue weighted by atomic mass is 9.97. The molecule has 1 aromatic rings. The van der Waals surface area contributed by atoms with Crippen molar-refractivity contribution in [3.8, 4) is 0 Å². The molecule has 0 fully saturated rings. The monoisotopic (exact) mass is 315 g/mol. The first-order valence-electron chi connectivity index (χ1n) is 6.37. The molecule has 1 unspecified atom stereocenters. The predicted octanol–water partition coefficient (Wildman–Crippen LogP) is 2.62. The fraction of sp³-hybridized carbons (Fsp3) is 0.571. The standard InChI is InChI=1S/C14H22BrNO2/c1-3-14(18,4-2)10-16-9-13(17)11-6-5-7-12(15)8-11/h5-8,13,16-18H,3-4,9-10H2,1-2H3. The maximum atomic E-state index is 10.1. The third-order valence-electron chi connectivity index (χ3n) is 3.34. The molecule has 4 heteroatoms. The van der Waals surface area contributed by atoms with E-state index in [9.17, 15) is 10.2 Å². The van der Waals surface area contributed by atoms with Gasteiger partial charge in [0.25, 0.3) is 0 Å². The molecule has 0 aliphatic heterocycles. The number of rotatable bonds is 7. The second-order valence-electron chi connectivity index (χ2n) is 4.63. The fourth-order valence-corrected chi connectivity index (χ4v) is 2.19. The van der Waals surface area contributed by atoms with Crippen LogP contribution in [0.3, 0.4) is 0 Å². The van der Waals surface area contributed by atoms with Crippen molar-refractivity contribution < 1.29 is 10.2 Å². The maximum absolute atomic E-state index is 10.1. The lowest BCUT2D eigenvalue weighted by Gasteiger charge is -2.26. The molecule has 1 rings (SSSR count). The molecule has 18 heavy (non-hydrogen) atoms. The van der Waals surface area contributed by atoms with Gasteiger partial charge in [-0.25, -0.2) is 0 Å². The van der Waals surface area contributed by atoms with Crippen molar-refractivity contribution in [1.82, 2.24) is 5.32 Å². The average molecular weight is 316 g/mol. The van der Waals surface area contributed by atoms with Crippen molar-refractivity contribution >= 4 is 15.9 Å². The summed E-state index contributed by atoms with van der Waals surface area (Å²) in [4.78, 5) is 0. The number of hydrogen-bond donors (Lipinski definition) is 3. The van der Waals surface area contributed by atoms with Crippen LogP contribution >= 0.6 is 15.9 Å². The van der Waals surface area contributed by atoms with Gasteiger partial charge in [-0.2, -0.15) is 0 Å². The third kappa shape index (κ3) is 4.69. The van der Waals surface area contributed by atoms with Gasteiger partial charge in [0, 0.05) is 17.6 Å². The van der Waals surface area contributed by atoms with Crippen LogP contribution < -0.4 is 5.32 Å². The van der Waals surface area contributed by atoms with Crippen molar-refractivity contribution in [2.75, 3.05) is 13.1 Å². The van der Waals surface area contributed by atoms with Gasteiger partial charge in [0.1, 0.15) is 0 Å². The summed E-state index contributed by atoms with van der Waals surface area (Å²) in [5, 5.41) is 23.3. The quantitative estimate of drug-likeness (QED) is 0.725. The molecule has 0 spiro atoms. The Hall–Kier alpha value is -0.420. The summed E-state index contributed by atoms with van der Waals surface area (Å²) < 4.78 is 0.956. The topological polar surface area (TPSA) is 52.5 Å². The van der Waals surface area contributed by atoms with Crippen LogP contribution in [0, 0.1) is 0 Å². The Morgan fingerprint density at radius 3 is 2.56 bits per heavy atom. The van der Waals surface area contributed by atoms with E-state index in [4.69, 9.17) is 0 Å². The molecule has 0 saturated heterocycles. The number of hydrogen-bond acceptors (Lipinski definition) is 3. The van der Waals surface area contributed by atoms with Crippen molar-refractivity contribution in [3.63, 3.8) is 0 Å². The smallest absolute Gasteiger partial charge is 0.0914 e. The van der Waals surface area contributed by atoms with Crippen LogP contribution in [0.1, 0.15) is 38.4 Å². The highest BCUT2D eigenvalue weighted by molar-refractivity contribution is 9.10. The second kappa shape index (κ2) is 7.24. The summed E-state index contributed by atoms with van der Waals surface area (Å²) in [7, 11) is 0. The lowest BCUT2D eigenvalue weighted by molar-refractivity contribution is 0.0293. The number of aliphatic hydroxyl groups is 2.